The molecule has 0 radical (unpaired) electrons. The summed E-state index contributed by atoms with van der Waals surface area (Å²) >= 11 is 5.84. The van der Waals surface area contributed by atoms with E-state index in [0.29, 0.717) is 10.6 Å². The Labute approximate surface area is 144 Å². The molecule has 2 aromatic carbocycles. The molecule has 0 aliphatic rings. The summed E-state index contributed by atoms with van der Waals surface area (Å²) in [5.74, 6) is -1.08. The summed E-state index contributed by atoms with van der Waals surface area (Å²) in [7, 11) is -4.29. The maximum atomic E-state index is 12.7. The first-order valence-corrected chi connectivity index (χ1v) is 9.20. The molecule has 0 spiro atoms. The lowest BCUT2D eigenvalue weighted by Crippen LogP contribution is -2.30. The highest BCUT2D eigenvalue weighted by atomic mass is 35.5. The highest BCUT2D eigenvalue weighted by Crippen LogP contribution is 2.54. The Bertz CT molecular complexity index is 723. The molecule has 2 N–H and O–H groups in total. The molecule has 0 bridgehead atoms. The Morgan fingerprint density at radius 1 is 1.21 bits per heavy atom. The third-order valence-corrected chi connectivity index (χ3v) is 4.83. The van der Waals surface area contributed by atoms with Gasteiger partial charge in [0.1, 0.15) is 5.75 Å². The summed E-state index contributed by atoms with van der Waals surface area (Å²) < 4.78 is 22.8. The molecule has 0 heterocycles. The molecule has 0 aliphatic carbocycles. The molecule has 0 saturated heterocycles. The third kappa shape index (κ3) is 4.99. The van der Waals surface area contributed by atoms with Gasteiger partial charge in [-0.2, -0.15) is 0 Å². The summed E-state index contributed by atoms with van der Waals surface area (Å²) in [6.07, 6.45) is -0.816. The van der Waals surface area contributed by atoms with Gasteiger partial charge < -0.3 is 19.5 Å². The van der Waals surface area contributed by atoms with E-state index in [4.69, 9.17) is 20.9 Å². The van der Waals surface area contributed by atoms with Crippen molar-refractivity contribution in [2.75, 3.05) is 6.61 Å². The topological polar surface area (TPSA) is 84.9 Å². The Hall–Kier alpha value is -2.01. The molecule has 2 aromatic rings. The van der Waals surface area contributed by atoms with E-state index in [0.717, 1.165) is 0 Å². The summed E-state index contributed by atoms with van der Waals surface area (Å²) in [6.45, 7) is 1.77. The predicted octanol–water partition coefficient (Wildman–Crippen LogP) is 4.35. The Morgan fingerprint density at radius 3 is 2.42 bits per heavy atom. The van der Waals surface area contributed by atoms with Crippen LogP contribution in [-0.4, -0.2) is 17.6 Å². The zero-order chi connectivity index (χ0) is 17.6. The van der Waals surface area contributed by atoms with Gasteiger partial charge in [0.2, 0.25) is 0 Å². The minimum absolute atomic E-state index is 0.133. The Balaban J connectivity index is 2.31. The number of hydrogen-bond donors (Lipinski definition) is 2. The van der Waals surface area contributed by atoms with Gasteiger partial charge in [0.15, 0.2) is 5.78 Å². The van der Waals surface area contributed by atoms with Gasteiger partial charge in [-0.15, -0.1) is 0 Å². The number of benzene rings is 2. The van der Waals surface area contributed by atoms with Gasteiger partial charge in [0.25, 0.3) is 0 Å². The molecule has 2 rings (SSSR count). The number of ether oxygens (including phenoxy) is 1. The number of para-hydroxylation sites is 1. The van der Waals surface area contributed by atoms with Crippen molar-refractivity contribution in [3.05, 3.63) is 65.2 Å². The molecule has 1 amide bonds. The van der Waals surface area contributed by atoms with Crippen LogP contribution in [0.25, 0.3) is 0 Å². The number of rotatable bonds is 6. The van der Waals surface area contributed by atoms with Crippen molar-refractivity contribution in [3.63, 3.8) is 0 Å². The lowest BCUT2D eigenvalue weighted by Gasteiger charge is -2.24. The molecule has 24 heavy (non-hydrogen) atoms. The minimum Gasteiger partial charge on any atom is -0.450 e. The fraction of sp³-hybridized carbons (Fsp3) is 0.188. The number of amides is 1. The standard InChI is InChI=1S/C16H17ClNO5P/c1-2-22-16(19)18-15(12-8-10-13(17)11-9-12)24(20,21)23-14-6-4-3-5-7-14/h3-11,15H,2H2,1H3,(H,18,19)(H,20,21). The summed E-state index contributed by atoms with van der Waals surface area (Å²) in [6, 6.07) is 14.4. The van der Waals surface area contributed by atoms with Gasteiger partial charge in [-0.05, 0) is 36.8 Å². The molecular formula is C16H17ClNO5P. The van der Waals surface area contributed by atoms with Crippen molar-refractivity contribution in [3.8, 4) is 5.75 Å². The molecular weight excluding hydrogens is 353 g/mol. The summed E-state index contributed by atoms with van der Waals surface area (Å²) in [4.78, 5) is 22.1. The molecule has 8 heteroatoms. The van der Waals surface area contributed by atoms with E-state index < -0.39 is 19.5 Å². The van der Waals surface area contributed by atoms with E-state index in [-0.39, 0.29) is 12.4 Å². The van der Waals surface area contributed by atoms with Gasteiger partial charge in [-0.3, -0.25) is 0 Å². The van der Waals surface area contributed by atoms with E-state index in [1.807, 2.05) is 0 Å². The number of nitrogens with one attached hydrogen (secondary N) is 1. The van der Waals surface area contributed by atoms with Gasteiger partial charge in [0, 0.05) is 5.02 Å². The zero-order valence-electron chi connectivity index (χ0n) is 12.9. The molecule has 6 nitrogen and oxygen atoms in total. The van der Waals surface area contributed by atoms with Crippen molar-refractivity contribution < 1.29 is 23.5 Å². The van der Waals surface area contributed by atoms with Crippen LogP contribution < -0.4 is 9.84 Å². The van der Waals surface area contributed by atoms with Crippen LogP contribution in [0.15, 0.2) is 54.6 Å². The van der Waals surface area contributed by atoms with Crippen molar-refractivity contribution in [1.29, 1.82) is 0 Å². The highest BCUT2D eigenvalue weighted by molar-refractivity contribution is 7.53. The lowest BCUT2D eigenvalue weighted by molar-refractivity contribution is 0.149. The zero-order valence-corrected chi connectivity index (χ0v) is 14.5. The number of hydrogen-bond acceptors (Lipinski definition) is 4. The average Bonchev–Trinajstić information content (AvgIpc) is 2.54. The predicted molar refractivity (Wildman–Crippen MR) is 91.2 cm³/mol. The van der Waals surface area contributed by atoms with E-state index in [1.165, 1.54) is 12.1 Å². The number of carbonyl (C=O) groups excluding carboxylic acids is 1. The molecule has 2 unspecified atom stereocenters. The quantitative estimate of drug-likeness (QED) is 0.739. The van der Waals surface area contributed by atoms with E-state index in [1.54, 1.807) is 49.4 Å². The highest BCUT2D eigenvalue weighted by Gasteiger charge is 2.37. The first kappa shape index (κ1) is 18.3. The van der Waals surface area contributed by atoms with Crippen LogP contribution in [0.3, 0.4) is 0 Å². The first-order valence-electron chi connectivity index (χ1n) is 7.18. The lowest BCUT2D eigenvalue weighted by atomic mass is 10.2. The molecule has 0 aromatic heterocycles. The Kier molecular flexibility index (Phi) is 6.26. The largest absolute Gasteiger partial charge is 0.450 e. The van der Waals surface area contributed by atoms with E-state index >= 15 is 0 Å². The van der Waals surface area contributed by atoms with Crippen LogP contribution in [0, 0.1) is 0 Å². The summed E-state index contributed by atoms with van der Waals surface area (Å²) in [5.41, 5.74) is 0.370. The fourth-order valence-corrected chi connectivity index (χ4v) is 3.44. The third-order valence-electron chi connectivity index (χ3n) is 3.02. The van der Waals surface area contributed by atoms with Crippen molar-refractivity contribution in [1.82, 2.24) is 5.32 Å². The van der Waals surface area contributed by atoms with Crippen LogP contribution in [-0.2, 0) is 9.30 Å². The Morgan fingerprint density at radius 2 is 1.83 bits per heavy atom. The monoisotopic (exact) mass is 369 g/mol. The maximum absolute atomic E-state index is 12.7. The molecule has 0 saturated carbocycles. The second-order valence-corrected chi connectivity index (χ2v) is 7.05. The van der Waals surface area contributed by atoms with Crippen molar-refractivity contribution in [2.45, 2.75) is 12.7 Å². The number of alkyl carbamates (subject to hydrolysis) is 1. The second kappa shape index (κ2) is 8.20. The van der Waals surface area contributed by atoms with Gasteiger partial charge in [-0.1, -0.05) is 41.9 Å². The molecule has 128 valence electrons. The minimum atomic E-state index is -4.29. The van der Waals surface area contributed by atoms with Crippen LogP contribution >= 0.6 is 19.2 Å². The van der Waals surface area contributed by atoms with Crippen molar-refractivity contribution in [2.24, 2.45) is 0 Å². The van der Waals surface area contributed by atoms with Crippen LogP contribution in [0.1, 0.15) is 18.3 Å². The maximum Gasteiger partial charge on any atom is 0.408 e. The fourth-order valence-electron chi connectivity index (χ4n) is 1.97. The van der Waals surface area contributed by atoms with Crippen LogP contribution in [0.5, 0.6) is 5.75 Å². The van der Waals surface area contributed by atoms with E-state index in [9.17, 15) is 14.3 Å². The van der Waals surface area contributed by atoms with Crippen molar-refractivity contribution >= 4 is 25.3 Å². The molecule has 0 fully saturated rings. The molecule has 2 atom stereocenters. The molecule has 0 aliphatic heterocycles. The SMILES string of the molecule is CCOC(=O)NC(c1ccc(Cl)cc1)P(=O)(O)Oc1ccccc1. The number of halogens is 1. The average molecular weight is 370 g/mol. The van der Waals surface area contributed by atoms with E-state index in [2.05, 4.69) is 5.32 Å². The van der Waals surface area contributed by atoms with Gasteiger partial charge in [0.05, 0.1) is 6.61 Å². The normalized spacial score (nSPS) is 14.3. The van der Waals surface area contributed by atoms with Gasteiger partial charge in [-0.25, -0.2) is 9.36 Å². The number of carbonyl (C=O) groups is 1. The van der Waals surface area contributed by atoms with Crippen LogP contribution in [0.4, 0.5) is 4.79 Å². The second-order valence-electron chi connectivity index (χ2n) is 4.79. The first-order chi connectivity index (χ1) is 11.4. The van der Waals surface area contributed by atoms with Crippen LogP contribution in [0.2, 0.25) is 5.02 Å². The van der Waals surface area contributed by atoms with Gasteiger partial charge >= 0.3 is 13.7 Å². The smallest absolute Gasteiger partial charge is 0.408 e. The summed E-state index contributed by atoms with van der Waals surface area (Å²) in [5, 5.41) is 2.84.